The standard InChI is InChI=1S/C19H22N4O4S/c1-3-13-16(17(24)26-4-2)14(21-18(25)20-13)11-28-19-23-22-15(27-19)10-12-8-6-5-7-9-12/h5-9,13H,3-4,10-11H2,1-2H3,(H2,20,21,25)/t13-/m1/s1. The van der Waals surface area contributed by atoms with Crippen molar-refractivity contribution >= 4 is 23.8 Å². The molecule has 0 bridgehead atoms. The van der Waals surface area contributed by atoms with Crippen LogP contribution in [0.5, 0.6) is 0 Å². The van der Waals surface area contributed by atoms with Gasteiger partial charge in [-0.3, -0.25) is 0 Å². The Morgan fingerprint density at radius 3 is 2.75 bits per heavy atom. The van der Waals surface area contributed by atoms with Crippen LogP contribution in [0, 0.1) is 0 Å². The quantitative estimate of drug-likeness (QED) is 0.516. The van der Waals surface area contributed by atoms with Crippen LogP contribution in [0.4, 0.5) is 4.79 Å². The number of ether oxygens (including phenoxy) is 1. The largest absolute Gasteiger partial charge is 0.463 e. The number of thioether (sulfide) groups is 1. The van der Waals surface area contributed by atoms with Crippen molar-refractivity contribution in [3.05, 3.63) is 53.1 Å². The summed E-state index contributed by atoms with van der Waals surface area (Å²) in [5.41, 5.74) is 2.01. The minimum absolute atomic E-state index is 0.264. The average Bonchev–Trinajstić information content (AvgIpc) is 3.14. The molecule has 2 aromatic rings. The minimum Gasteiger partial charge on any atom is -0.463 e. The van der Waals surface area contributed by atoms with Crippen molar-refractivity contribution in [1.82, 2.24) is 20.8 Å². The molecule has 2 amide bonds. The highest BCUT2D eigenvalue weighted by molar-refractivity contribution is 7.99. The summed E-state index contributed by atoms with van der Waals surface area (Å²) >= 11 is 1.26. The van der Waals surface area contributed by atoms with Gasteiger partial charge in [-0.05, 0) is 18.9 Å². The van der Waals surface area contributed by atoms with Crippen molar-refractivity contribution in [2.45, 2.75) is 38.0 Å². The Hall–Kier alpha value is -2.81. The second kappa shape index (κ2) is 9.41. The first-order chi connectivity index (χ1) is 13.6. The lowest BCUT2D eigenvalue weighted by atomic mass is 10.0. The first kappa shape index (κ1) is 19.9. The van der Waals surface area contributed by atoms with E-state index in [0.717, 1.165) is 5.56 Å². The van der Waals surface area contributed by atoms with Crippen molar-refractivity contribution in [1.29, 1.82) is 0 Å². The van der Waals surface area contributed by atoms with Gasteiger partial charge in [0.25, 0.3) is 5.22 Å². The zero-order chi connectivity index (χ0) is 19.9. The van der Waals surface area contributed by atoms with Gasteiger partial charge in [0.15, 0.2) is 0 Å². The molecule has 0 spiro atoms. The smallest absolute Gasteiger partial charge is 0.337 e. The SMILES string of the molecule is CCOC(=O)C1=C(CSc2nnc(Cc3ccccc3)o2)NC(=O)N[C@@H]1CC. The average molecular weight is 402 g/mol. The van der Waals surface area contributed by atoms with Crippen LogP contribution in [0.1, 0.15) is 31.7 Å². The Morgan fingerprint density at radius 1 is 1.25 bits per heavy atom. The number of aromatic nitrogens is 2. The number of hydrogen-bond donors (Lipinski definition) is 2. The van der Waals surface area contributed by atoms with E-state index in [0.29, 0.717) is 41.0 Å². The molecule has 1 aliphatic heterocycles. The lowest BCUT2D eigenvalue weighted by Gasteiger charge is -2.28. The highest BCUT2D eigenvalue weighted by atomic mass is 32.2. The van der Waals surface area contributed by atoms with Crippen LogP contribution in [0.25, 0.3) is 0 Å². The van der Waals surface area contributed by atoms with E-state index in [2.05, 4.69) is 20.8 Å². The molecule has 1 aromatic carbocycles. The van der Waals surface area contributed by atoms with Gasteiger partial charge >= 0.3 is 12.0 Å². The molecule has 8 nitrogen and oxygen atoms in total. The third-order valence-electron chi connectivity index (χ3n) is 4.13. The summed E-state index contributed by atoms with van der Waals surface area (Å²) < 4.78 is 10.8. The molecule has 2 N–H and O–H groups in total. The highest BCUT2D eigenvalue weighted by Crippen LogP contribution is 2.24. The summed E-state index contributed by atoms with van der Waals surface area (Å²) in [4.78, 5) is 24.3. The molecule has 0 unspecified atom stereocenters. The van der Waals surface area contributed by atoms with Gasteiger partial charge in [0.05, 0.1) is 24.6 Å². The van der Waals surface area contributed by atoms with Crippen LogP contribution in [0.15, 0.2) is 51.2 Å². The molecular formula is C19H22N4O4S. The zero-order valence-corrected chi connectivity index (χ0v) is 16.5. The lowest BCUT2D eigenvalue weighted by Crippen LogP contribution is -2.50. The number of urea groups is 1. The maximum Gasteiger partial charge on any atom is 0.337 e. The lowest BCUT2D eigenvalue weighted by molar-refractivity contribution is -0.139. The number of carbonyl (C=O) groups excluding carboxylic acids is 2. The highest BCUT2D eigenvalue weighted by Gasteiger charge is 2.31. The van der Waals surface area contributed by atoms with Crippen LogP contribution in [0.2, 0.25) is 0 Å². The van der Waals surface area contributed by atoms with E-state index in [9.17, 15) is 9.59 Å². The summed E-state index contributed by atoms with van der Waals surface area (Å²) in [6, 6.07) is 9.10. The normalized spacial score (nSPS) is 16.5. The molecule has 1 aliphatic rings. The van der Waals surface area contributed by atoms with E-state index in [-0.39, 0.29) is 18.7 Å². The molecule has 3 rings (SSSR count). The number of carbonyl (C=O) groups is 2. The molecule has 0 saturated heterocycles. The summed E-state index contributed by atoms with van der Waals surface area (Å²) in [7, 11) is 0. The number of rotatable bonds is 8. The summed E-state index contributed by atoms with van der Waals surface area (Å²) in [5, 5.41) is 13.9. The van der Waals surface area contributed by atoms with Gasteiger partial charge in [-0.1, -0.05) is 49.0 Å². The van der Waals surface area contributed by atoms with Gasteiger partial charge in [-0.25, -0.2) is 9.59 Å². The van der Waals surface area contributed by atoms with Crippen molar-refractivity contribution < 1.29 is 18.7 Å². The van der Waals surface area contributed by atoms with Crippen LogP contribution >= 0.6 is 11.8 Å². The molecular weight excluding hydrogens is 380 g/mol. The minimum atomic E-state index is -0.437. The Kier molecular flexibility index (Phi) is 6.70. The van der Waals surface area contributed by atoms with E-state index in [1.54, 1.807) is 6.92 Å². The maximum atomic E-state index is 12.4. The van der Waals surface area contributed by atoms with Crippen molar-refractivity contribution in [3.63, 3.8) is 0 Å². The monoisotopic (exact) mass is 402 g/mol. The topological polar surface area (TPSA) is 106 Å². The number of hydrogen-bond acceptors (Lipinski definition) is 7. The van der Waals surface area contributed by atoms with E-state index < -0.39 is 5.97 Å². The van der Waals surface area contributed by atoms with Gasteiger partial charge < -0.3 is 19.8 Å². The predicted molar refractivity (Wildman–Crippen MR) is 104 cm³/mol. The van der Waals surface area contributed by atoms with Crippen molar-refractivity contribution in [3.8, 4) is 0 Å². The molecule has 9 heteroatoms. The number of esters is 1. The molecule has 28 heavy (non-hydrogen) atoms. The van der Waals surface area contributed by atoms with Gasteiger partial charge in [0.1, 0.15) is 0 Å². The molecule has 1 atom stereocenters. The summed E-state index contributed by atoms with van der Waals surface area (Å²) in [6.45, 7) is 3.91. The Morgan fingerprint density at radius 2 is 2.04 bits per heavy atom. The molecule has 148 valence electrons. The fourth-order valence-electron chi connectivity index (χ4n) is 2.85. The van der Waals surface area contributed by atoms with Gasteiger partial charge in [-0.15, -0.1) is 10.2 Å². The molecule has 0 aliphatic carbocycles. The van der Waals surface area contributed by atoms with Crippen molar-refractivity contribution in [2.24, 2.45) is 0 Å². The Balaban J connectivity index is 1.72. The van der Waals surface area contributed by atoms with Crippen LogP contribution in [-0.2, 0) is 16.0 Å². The van der Waals surface area contributed by atoms with Gasteiger partial charge in [0.2, 0.25) is 5.89 Å². The molecule has 2 heterocycles. The maximum absolute atomic E-state index is 12.4. The number of amides is 2. The third kappa shape index (κ3) is 4.92. The van der Waals surface area contributed by atoms with Crippen LogP contribution < -0.4 is 10.6 Å². The van der Waals surface area contributed by atoms with Gasteiger partial charge in [-0.2, -0.15) is 0 Å². The zero-order valence-electron chi connectivity index (χ0n) is 15.7. The third-order valence-corrected chi connectivity index (χ3v) is 4.98. The fourth-order valence-corrected chi connectivity index (χ4v) is 3.60. The predicted octanol–water partition coefficient (Wildman–Crippen LogP) is 2.66. The van der Waals surface area contributed by atoms with Gasteiger partial charge in [0, 0.05) is 11.4 Å². The Bertz CT molecular complexity index is 866. The van der Waals surface area contributed by atoms with E-state index in [1.165, 1.54) is 11.8 Å². The number of benzene rings is 1. The van der Waals surface area contributed by atoms with E-state index in [1.807, 2.05) is 37.3 Å². The molecule has 0 saturated carbocycles. The first-order valence-corrected chi connectivity index (χ1v) is 10.1. The van der Waals surface area contributed by atoms with Crippen LogP contribution in [0.3, 0.4) is 0 Å². The first-order valence-electron chi connectivity index (χ1n) is 9.07. The van der Waals surface area contributed by atoms with E-state index in [4.69, 9.17) is 9.15 Å². The molecule has 0 fully saturated rings. The second-order valence-corrected chi connectivity index (χ2v) is 7.01. The molecule has 1 aromatic heterocycles. The van der Waals surface area contributed by atoms with E-state index >= 15 is 0 Å². The van der Waals surface area contributed by atoms with Crippen LogP contribution in [-0.4, -0.2) is 40.6 Å². The second-order valence-electron chi connectivity index (χ2n) is 6.08. The molecule has 0 radical (unpaired) electrons. The summed E-state index contributed by atoms with van der Waals surface area (Å²) in [6.07, 6.45) is 1.13. The Labute approximate surface area is 167 Å². The van der Waals surface area contributed by atoms with Crippen molar-refractivity contribution in [2.75, 3.05) is 12.4 Å². The summed E-state index contributed by atoms with van der Waals surface area (Å²) in [5.74, 6) is 0.382. The fraction of sp³-hybridized carbons (Fsp3) is 0.368. The number of nitrogens with one attached hydrogen (secondary N) is 2. The number of nitrogens with zero attached hydrogens (tertiary/aromatic N) is 2.